The molecule has 0 saturated heterocycles. The van der Waals surface area contributed by atoms with E-state index in [0.717, 1.165) is 37.6 Å². The summed E-state index contributed by atoms with van der Waals surface area (Å²) >= 11 is 0. The Morgan fingerprint density at radius 3 is 2.56 bits per heavy atom. The van der Waals surface area contributed by atoms with Crippen LogP contribution in [0.4, 0.5) is 0 Å². The molecule has 0 amide bonds. The maximum Gasteiger partial charge on any atom is 0.233 e. The van der Waals surface area contributed by atoms with E-state index in [1.165, 1.54) is 0 Å². The third kappa shape index (κ3) is 3.93. The molecule has 4 nitrogen and oxygen atoms in total. The van der Waals surface area contributed by atoms with E-state index in [4.69, 9.17) is 4.42 Å². The van der Waals surface area contributed by atoms with Gasteiger partial charge in [0, 0.05) is 6.42 Å². The highest BCUT2D eigenvalue weighted by molar-refractivity contribution is 4.89. The molecular formula is C12H23N3O. The molecule has 4 heteroatoms. The molecule has 1 atom stereocenters. The zero-order chi connectivity index (χ0) is 12.0. The Morgan fingerprint density at radius 1 is 1.25 bits per heavy atom. The molecule has 0 radical (unpaired) electrons. The average molecular weight is 225 g/mol. The molecule has 1 unspecified atom stereocenters. The van der Waals surface area contributed by atoms with Gasteiger partial charge in [-0.2, -0.15) is 0 Å². The largest absolute Gasteiger partial charge is 0.424 e. The van der Waals surface area contributed by atoms with Gasteiger partial charge in [0.25, 0.3) is 0 Å². The van der Waals surface area contributed by atoms with E-state index < -0.39 is 0 Å². The lowest BCUT2D eigenvalue weighted by molar-refractivity contribution is 0.370. The molecule has 1 aromatic rings. The smallest absolute Gasteiger partial charge is 0.233 e. The molecule has 0 aliphatic rings. The van der Waals surface area contributed by atoms with E-state index in [1.807, 2.05) is 0 Å². The second kappa shape index (κ2) is 6.63. The summed E-state index contributed by atoms with van der Waals surface area (Å²) in [7, 11) is 0. The van der Waals surface area contributed by atoms with Gasteiger partial charge >= 0.3 is 0 Å². The van der Waals surface area contributed by atoms with Crippen LogP contribution < -0.4 is 5.32 Å². The van der Waals surface area contributed by atoms with Crippen LogP contribution in [0.5, 0.6) is 0 Å². The molecule has 0 aliphatic carbocycles. The molecule has 92 valence electrons. The van der Waals surface area contributed by atoms with E-state index in [1.54, 1.807) is 0 Å². The lowest BCUT2D eigenvalue weighted by Gasteiger charge is -2.10. The number of hydrogen-bond donors (Lipinski definition) is 1. The summed E-state index contributed by atoms with van der Waals surface area (Å²) < 4.78 is 5.65. The van der Waals surface area contributed by atoms with Crippen LogP contribution in [-0.2, 0) is 6.42 Å². The van der Waals surface area contributed by atoms with Gasteiger partial charge in [-0.05, 0) is 25.3 Å². The molecule has 1 rings (SSSR count). The Hall–Kier alpha value is -0.900. The first-order valence-electron chi connectivity index (χ1n) is 6.23. The van der Waals surface area contributed by atoms with Crippen molar-refractivity contribution in [3.8, 4) is 0 Å². The molecule has 16 heavy (non-hydrogen) atoms. The van der Waals surface area contributed by atoms with Crippen LogP contribution in [0.1, 0.15) is 58.4 Å². The average Bonchev–Trinajstić information content (AvgIpc) is 2.71. The minimum Gasteiger partial charge on any atom is -0.424 e. The quantitative estimate of drug-likeness (QED) is 0.775. The van der Waals surface area contributed by atoms with E-state index >= 15 is 0 Å². The lowest BCUT2D eigenvalue weighted by atomic mass is 10.1. The fourth-order valence-corrected chi connectivity index (χ4v) is 1.57. The third-order valence-corrected chi connectivity index (χ3v) is 2.57. The number of nitrogens with one attached hydrogen (secondary N) is 1. The van der Waals surface area contributed by atoms with E-state index in [9.17, 15) is 0 Å². The van der Waals surface area contributed by atoms with Crippen molar-refractivity contribution < 1.29 is 4.42 Å². The number of rotatable bonds is 7. The Kier molecular flexibility index (Phi) is 5.46. The topological polar surface area (TPSA) is 51.0 Å². The van der Waals surface area contributed by atoms with Crippen LogP contribution in [0.15, 0.2) is 4.42 Å². The van der Waals surface area contributed by atoms with Gasteiger partial charge < -0.3 is 9.73 Å². The fraction of sp³-hybridized carbons (Fsp3) is 0.833. The summed E-state index contributed by atoms with van der Waals surface area (Å²) in [5.41, 5.74) is 0. The van der Waals surface area contributed by atoms with Gasteiger partial charge in [-0.1, -0.05) is 27.7 Å². The maximum absolute atomic E-state index is 5.65. The molecule has 0 aromatic carbocycles. The van der Waals surface area contributed by atoms with Gasteiger partial charge in [0.1, 0.15) is 0 Å². The summed E-state index contributed by atoms with van der Waals surface area (Å²) in [4.78, 5) is 0. The van der Waals surface area contributed by atoms with E-state index in [2.05, 4.69) is 43.2 Å². The highest BCUT2D eigenvalue weighted by Crippen LogP contribution is 2.16. The molecule has 0 fully saturated rings. The molecular weight excluding hydrogens is 202 g/mol. The first kappa shape index (κ1) is 13.2. The minimum atomic E-state index is 0.199. The summed E-state index contributed by atoms with van der Waals surface area (Å²) in [5.74, 6) is 2.16. The second-order valence-corrected chi connectivity index (χ2v) is 4.49. The normalized spacial score (nSPS) is 13.3. The molecule has 1 aromatic heterocycles. The maximum atomic E-state index is 5.65. The Morgan fingerprint density at radius 2 is 2.00 bits per heavy atom. The summed E-state index contributed by atoms with van der Waals surface area (Å²) in [6.07, 6.45) is 2.95. The Balaban J connectivity index is 2.55. The molecule has 0 bridgehead atoms. The van der Waals surface area contributed by atoms with Crippen molar-refractivity contribution in [1.29, 1.82) is 0 Å². The predicted molar refractivity (Wildman–Crippen MR) is 64.2 cm³/mol. The Labute approximate surface area is 97.8 Å². The van der Waals surface area contributed by atoms with Crippen LogP contribution in [-0.4, -0.2) is 16.7 Å². The first-order valence-corrected chi connectivity index (χ1v) is 6.23. The van der Waals surface area contributed by atoms with Crippen LogP contribution >= 0.6 is 0 Å². The van der Waals surface area contributed by atoms with Crippen LogP contribution in [0.2, 0.25) is 0 Å². The van der Waals surface area contributed by atoms with Crippen molar-refractivity contribution in [3.05, 3.63) is 11.8 Å². The first-order chi connectivity index (χ1) is 7.67. The molecule has 0 aliphatic heterocycles. The third-order valence-electron chi connectivity index (χ3n) is 2.57. The zero-order valence-electron chi connectivity index (χ0n) is 10.8. The molecule has 1 N–H and O–H groups in total. The molecule has 0 saturated carbocycles. The van der Waals surface area contributed by atoms with Crippen molar-refractivity contribution >= 4 is 0 Å². The highest BCUT2D eigenvalue weighted by atomic mass is 16.4. The van der Waals surface area contributed by atoms with Crippen molar-refractivity contribution in [3.63, 3.8) is 0 Å². The number of hydrogen-bond acceptors (Lipinski definition) is 4. The Bertz CT molecular complexity index is 296. The summed E-state index contributed by atoms with van der Waals surface area (Å²) in [6.45, 7) is 9.52. The summed E-state index contributed by atoms with van der Waals surface area (Å²) in [5, 5.41) is 11.5. The molecule has 1 heterocycles. The zero-order valence-corrected chi connectivity index (χ0v) is 10.8. The van der Waals surface area contributed by atoms with Crippen molar-refractivity contribution in [2.24, 2.45) is 5.92 Å². The van der Waals surface area contributed by atoms with Gasteiger partial charge in [-0.3, -0.25) is 0 Å². The van der Waals surface area contributed by atoms with Crippen LogP contribution in [0, 0.1) is 5.92 Å². The summed E-state index contributed by atoms with van der Waals surface area (Å²) in [6, 6.07) is 0.199. The van der Waals surface area contributed by atoms with Crippen molar-refractivity contribution in [1.82, 2.24) is 15.5 Å². The molecule has 0 spiro atoms. The number of nitrogens with zero attached hydrogens (tertiary/aromatic N) is 2. The second-order valence-electron chi connectivity index (χ2n) is 4.49. The van der Waals surface area contributed by atoms with Gasteiger partial charge in [-0.15, -0.1) is 10.2 Å². The lowest BCUT2D eigenvalue weighted by Crippen LogP contribution is -2.20. The van der Waals surface area contributed by atoms with Gasteiger partial charge in [0.2, 0.25) is 11.8 Å². The van der Waals surface area contributed by atoms with E-state index in [0.29, 0.717) is 5.92 Å². The van der Waals surface area contributed by atoms with Crippen molar-refractivity contribution in [2.45, 2.75) is 53.0 Å². The highest BCUT2D eigenvalue weighted by Gasteiger charge is 2.15. The SMILES string of the molecule is CCNC(CC)c1nnc(CCC(C)C)o1. The number of aromatic nitrogens is 2. The predicted octanol–water partition coefficient (Wildman–Crippen LogP) is 2.72. The van der Waals surface area contributed by atoms with Crippen LogP contribution in [0.3, 0.4) is 0 Å². The van der Waals surface area contributed by atoms with E-state index in [-0.39, 0.29) is 6.04 Å². The van der Waals surface area contributed by atoms with Gasteiger partial charge in [0.15, 0.2) is 0 Å². The monoisotopic (exact) mass is 225 g/mol. The fourth-order valence-electron chi connectivity index (χ4n) is 1.57. The van der Waals surface area contributed by atoms with Crippen LogP contribution in [0.25, 0.3) is 0 Å². The number of aryl methyl sites for hydroxylation is 1. The van der Waals surface area contributed by atoms with Crippen molar-refractivity contribution in [2.75, 3.05) is 6.54 Å². The van der Waals surface area contributed by atoms with Gasteiger partial charge in [-0.25, -0.2) is 0 Å². The standard InChI is InChI=1S/C12H23N3O/c1-5-10(13-6-2)12-15-14-11(16-12)8-7-9(3)4/h9-10,13H,5-8H2,1-4H3. The minimum absolute atomic E-state index is 0.199. The van der Waals surface area contributed by atoms with Gasteiger partial charge in [0.05, 0.1) is 6.04 Å².